The third-order valence-electron chi connectivity index (χ3n) is 4.98. The molecule has 6 nitrogen and oxygen atoms in total. The number of likely N-dealkylation sites (tertiary alicyclic amines) is 1. The molecule has 0 radical (unpaired) electrons. The quantitative estimate of drug-likeness (QED) is 0.735. The van der Waals surface area contributed by atoms with E-state index in [1.807, 2.05) is 39.5 Å². The number of nitrogens with zero attached hydrogens (tertiary/aromatic N) is 1. The second-order valence-corrected chi connectivity index (χ2v) is 8.59. The summed E-state index contributed by atoms with van der Waals surface area (Å²) in [6.07, 6.45) is 2.26. The zero-order valence-corrected chi connectivity index (χ0v) is 15.3. The van der Waals surface area contributed by atoms with Gasteiger partial charge in [0.1, 0.15) is 11.7 Å². The van der Waals surface area contributed by atoms with Gasteiger partial charge in [-0.2, -0.15) is 0 Å². The largest absolute Gasteiger partial charge is 0.444 e. The van der Waals surface area contributed by atoms with Gasteiger partial charge in [0, 0.05) is 24.9 Å². The SMILES string of the molecule is CC(C)(C)OC(=O)N1CCCCC1[C@H]1CC(=O)[C@@H]2OC(C)(C)O[C@H]12. The van der Waals surface area contributed by atoms with Gasteiger partial charge in [0.25, 0.3) is 0 Å². The summed E-state index contributed by atoms with van der Waals surface area (Å²) in [6, 6.07) is -0.0231. The van der Waals surface area contributed by atoms with Crippen molar-refractivity contribution in [2.45, 2.75) is 89.9 Å². The fraction of sp³-hybridized carbons (Fsp3) is 0.889. The Kier molecular flexibility index (Phi) is 4.41. The molecule has 0 spiro atoms. The van der Waals surface area contributed by atoms with Crippen molar-refractivity contribution in [2.24, 2.45) is 5.92 Å². The number of amides is 1. The first-order valence-corrected chi connectivity index (χ1v) is 8.95. The molecule has 2 aliphatic heterocycles. The number of ketones is 1. The van der Waals surface area contributed by atoms with Crippen molar-refractivity contribution >= 4 is 11.9 Å². The zero-order chi connectivity index (χ0) is 17.7. The number of Topliss-reactive ketones (excluding diaryl/α,β-unsaturated/α-hetero) is 1. The highest BCUT2D eigenvalue weighted by Crippen LogP contribution is 2.43. The normalized spacial score (nSPS) is 35.9. The fourth-order valence-electron chi connectivity index (χ4n) is 4.12. The van der Waals surface area contributed by atoms with Gasteiger partial charge >= 0.3 is 6.09 Å². The van der Waals surface area contributed by atoms with Crippen molar-refractivity contribution in [1.29, 1.82) is 0 Å². The van der Waals surface area contributed by atoms with E-state index in [0.29, 0.717) is 13.0 Å². The van der Waals surface area contributed by atoms with Crippen molar-refractivity contribution in [3.8, 4) is 0 Å². The molecule has 1 aliphatic carbocycles. The van der Waals surface area contributed by atoms with Crippen LogP contribution in [0.4, 0.5) is 4.79 Å². The molecule has 2 heterocycles. The predicted octanol–water partition coefficient (Wildman–Crippen LogP) is 2.89. The molecule has 136 valence electrons. The van der Waals surface area contributed by atoms with Gasteiger partial charge in [-0.15, -0.1) is 0 Å². The van der Waals surface area contributed by atoms with E-state index in [2.05, 4.69) is 0 Å². The molecule has 0 bridgehead atoms. The summed E-state index contributed by atoms with van der Waals surface area (Å²) < 4.78 is 17.4. The lowest BCUT2D eigenvalue weighted by Gasteiger charge is -2.41. The van der Waals surface area contributed by atoms with Crippen LogP contribution in [0.15, 0.2) is 0 Å². The molecule has 0 aromatic rings. The maximum atomic E-state index is 12.6. The Bertz CT molecular complexity index is 524. The van der Waals surface area contributed by atoms with Crippen LogP contribution in [0.1, 0.15) is 60.3 Å². The summed E-state index contributed by atoms with van der Waals surface area (Å²) in [4.78, 5) is 26.8. The fourth-order valence-corrected chi connectivity index (χ4v) is 4.12. The Hall–Kier alpha value is -1.14. The lowest BCUT2D eigenvalue weighted by molar-refractivity contribution is -0.165. The summed E-state index contributed by atoms with van der Waals surface area (Å²) in [6.45, 7) is 9.95. The average Bonchev–Trinajstić information content (AvgIpc) is 2.92. The Morgan fingerprint density at radius 2 is 1.96 bits per heavy atom. The molecule has 3 fully saturated rings. The summed E-state index contributed by atoms with van der Waals surface area (Å²) in [5.74, 6) is -0.669. The molecular weight excluding hydrogens is 310 g/mol. The lowest BCUT2D eigenvalue weighted by Crippen LogP contribution is -2.51. The van der Waals surface area contributed by atoms with Crippen LogP contribution in [0.3, 0.4) is 0 Å². The smallest absolute Gasteiger partial charge is 0.410 e. The Morgan fingerprint density at radius 1 is 1.25 bits per heavy atom. The number of piperidine rings is 1. The highest BCUT2D eigenvalue weighted by molar-refractivity contribution is 5.87. The van der Waals surface area contributed by atoms with Crippen LogP contribution in [0.25, 0.3) is 0 Å². The topological polar surface area (TPSA) is 65.1 Å². The second-order valence-electron chi connectivity index (χ2n) is 8.59. The minimum Gasteiger partial charge on any atom is -0.444 e. The molecule has 0 N–H and O–H groups in total. The summed E-state index contributed by atoms with van der Waals surface area (Å²) in [5, 5.41) is 0. The van der Waals surface area contributed by atoms with Gasteiger partial charge in [-0.1, -0.05) is 0 Å². The van der Waals surface area contributed by atoms with Gasteiger partial charge in [-0.3, -0.25) is 4.79 Å². The van der Waals surface area contributed by atoms with Gasteiger partial charge in [0.05, 0.1) is 6.10 Å². The van der Waals surface area contributed by atoms with E-state index in [4.69, 9.17) is 14.2 Å². The minimum atomic E-state index is -0.741. The first-order valence-electron chi connectivity index (χ1n) is 8.95. The molecule has 0 aromatic carbocycles. The van der Waals surface area contributed by atoms with Crippen LogP contribution in [-0.2, 0) is 19.0 Å². The van der Waals surface area contributed by atoms with Crippen LogP contribution in [0.5, 0.6) is 0 Å². The first-order chi connectivity index (χ1) is 11.1. The lowest BCUT2D eigenvalue weighted by atomic mass is 9.87. The van der Waals surface area contributed by atoms with E-state index in [0.717, 1.165) is 19.3 Å². The van der Waals surface area contributed by atoms with E-state index >= 15 is 0 Å². The third-order valence-corrected chi connectivity index (χ3v) is 4.98. The maximum absolute atomic E-state index is 12.6. The summed E-state index contributed by atoms with van der Waals surface area (Å²) in [5.41, 5.74) is -0.526. The maximum Gasteiger partial charge on any atom is 0.410 e. The molecular formula is C18H29NO5. The molecule has 24 heavy (non-hydrogen) atoms. The molecule has 0 aromatic heterocycles. The average molecular weight is 339 g/mol. The van der Waals surface area contributed by atoms with Gasteiger partial charge in [-0.05, 0) is 53.9 Å². The highest BCUT2D eigenvalue weighted by atomic mass is 16.8. The molecule has 1 amide bonds. The zero-order valence-electron chi connectivity index (χ0n) is 15.3. The second kappa shape index (κ2) is 5.99. The number of fused-ring (bicyclic) bond motifs is 1. The Labute approximate surface area is 143 Å². The van der Waals surface area contributed by atoms with Crippen LogP contribution < -0.4 is 0 Å². The van der Waals surface area contributed by atoms with E-state index in [9.17, 15) is 9.59 Å². The molecule has 2 saturated heterocycles. The van der Waals surface area contributed by atoms with Crippen LogP contribution >= 0.6 is 0 Å². The van der Waals surface area contributed by atoms with Crippen molar-refractivity contribution in [3.63, 3.8) is 0 Å². The summed E-state index contributed by atoms with van der Waals surface area (Å²) in [7, 11) is 0. The van der Waals surface area contributed by atoms with Gasteiger partial charge in [0.2, 0.25) is 0 Å². The monoisotopic (exact) mass is 339 g/mol. The van der Waals surface area contributed by atoms with Crippen LogP contribution in [0, 0.1) is 5.92 Å². The standard InChI is InChI=1S/C18H29NO5/c1-17(2,3)24-16(21)19-9-7-6-8-12(19)11-10-13(20)15-14(11)22-18(4,5)23-15/h11-12,14-15H,6-10H2,1-5H3/t11-,12?,14-,15+/m1/s1. The molecule has 3 aliphatic rings. The van der Waals surface area contributed by atoms with E-state index in [1.165, 1.54) is 0 Å². The minimum absolute atomic E-state index is 0.0166. The highest BCUT2D eigenvalue weighted by Gasteiger charge is 2.56. The van der Waals surface area contributed by atoms with E-state index < -0.39 is 17.5 Å². The number of ether oxygens (including phenoxy) is 3. The van der Waals surface area contributed by atoms with Crippen molar-refractivity contribution in [2.75, 3.05) is 6.54 Å². The van der Waals surface area contributed by atoms with E-state index in [-0.39, 0.29) is 29.9 Å². The van der Waals surface area contributed by atoms with Crippen molar-refractivity contribution in [3.05, 3.63) is 0 Å². The Morgan fingerprint density at radius 3 is 2.62 bits per heavy atom. The van der Waals surface area contributed by atoms with E-state index in [1.54, 1.807) is 0 Å². The number of rotatable bonds is 1. The van der Waals surface area contributed by atoms with Crippen molar-refractivity contribution in [1.82, 2.24) is 4.90 Å². The predicted molar refractivity (Wildman–Crippen MR) is 87.5 cm³/mol. The Balaban J connectivity index is 1.78. The third kappa shape index (κ3) is 3.45. The molecule has 1 unspecified atom stereocenters. The van der Waals surface area contributed by atoms with Gasteiger partial charge in [-0.25, -0.2) is 4.79 Å². The number of carbonyl (C=O) groups is 2. The van der Waals surface area contributed by atoms with Crippen LogP contribution in [0.2, 0.25) is 0 Å². The van der Waals surface area contributed by atoms with Crippen molar-refractivity contribution < 1.29 is 23.8 Å². The number of carbonyl (C=O) groups excluding carboxylic acids is 2. The molecule has 4 atom stereocenters. The van der Waals surface area contributed by atoms with Gasteiger partial charge in [0.15, 0.2) is 11.6 Å². The number of hydrogen-bond acceptors (Lipinski definition) is 5. The number of hydrogen-bond donors (Lipinski definition) is 0. The first kappa shape index (κ1) is 17.7. The van der Waals surface area contributed by atoms with Gasteiger partial charge < -0.3 is 19.1 Å². The molecule has 1 saturated carbocycles. The van der Waals surface area contributed by atoms with Crippen LogP contribution in [-0.4, -0.2) is 53.0 Å². The molecule has 3 rings (SSSR count). The molecule has 6 heteroatoms. The summed E-state index contributed by atoms with van der Waals surface area (Å²) >= 11 is 0.